The van der Waals surface area contributed by atoms with E-state index in [9.17, 15) is 13.2 Å². The van der Waals surface area contributed by atoms with Crippen molar-refractivity contribution in [2.45, 2.75) is 18.6 Å². The van der Waals surface area contributed by atoms with Crippen molar-refractivity contribution < 1.29 is 13.2 Å². The van der Waals surface area contributed by atoms with Crippen LogP contribution in [0, 0.1) is 0 Å². The second-order valence-corrected chi connectivity index (χ2v) is 3.68. The van der Waals surface area contributed by atoms with Crippen LogP contribution in [0.3, 0.4) is 0 Å². The summed E-state index contributed by atoms with van der Waals surface area (Å²) in [5.41, 5.74) is 0. The molecule has 1 fully saturated rings. The zero-order chi connectivity index (χ0) is 10.9. The quantitative estimate of drug-likeness (QED) is 0.748. The molecule has 1 aliphatic heterocycles. The number of hydrogen-bond donors (Lipinski definition) is 0. The van der Waals surface area contributed by atoms with Gasteiger partial charge in [0.15, 0.2) is 0 Å². The fraction of sp³-hybridized carbons (Fsp3) is 0.750. The first-order valence-corrected chi connectivity index (χ1v) is 4.69. The van der Waals surface area contributed by atoms with Crippen molar-refractivity contribution in [1.82, 2.24) is 19.9 Å². The number of hydrogen-bond acceptors (Lipinski definition) is 3. The van der Waals surface area contributed by atoms with Crippen molar-refractivity contribution in [3.63, 3.8) is 0 Å². The van der Waals surface area contributed by atoms with E-state index < -0.39 is 12.7 Å². The Morgan fingerprint density at radius 3 is 2.80 bits per heavy atom. The summed E-state index contributed by atoms with van der Waals surface area (Å²) in [4.78, 5) is 1.40. The second kappa shape index (κ2) is 3.80. The molecule has 1 atom stereocenters. The number of alkyl halides is 3. The molecule has 1 aliphatic rings. The van der Waals surface area contributed by atoms with Crippen LogP contribution in [0.4, 0.5) is 13.2 Å². The van der Waals surface area contributed by atoms with E-state index in [2.05, 4.69) is 10.3 Å². The molecule has 0 spiro atoms. The highest BCUT2D eigenvalue weighted by molar-refractivity contribution is 4.82. The Morgan fingerprint density at radius 2 is 2.20 bits per heavy atom. The van der Waals surface area contributed by atoms with Gasteiger partial charge in [0.25, 0.3) is 0 Å². The molecule has 7 heteroatoms. The minimum absolute atomic E-state index is 0.0230. The lowest BCUT2D eigenvalue weighted by atomic mass is 10.3. The highest BCUT2D eigenvalue weighted by Crippen LogP contribution is 2.24. The Bertz CT molecular complexity index is 308. The average Bonchev–Trinajstić information content (AvgIpc) is 2.68. The lowest BCUT2D eigenvalue weighted by Crippen LogP contribution is -2.32. The van der Waals surface area contributed by atoms with E-state index in [1.165, 1.54) is 11.1 Å². The fourth-order valence-electron chi connectivity index (χ4n) is 1.84. The maximum Gasteiger partial charge on any atom is 0.401 e. The van der Waals surface area contributed by atoms with Crippen LogP contribution in [-0.2, 0) is 0 Å². The maximum atomic E-state index is 12.1. The topological polar surface area (TPSA) is 34.0 Å². The van der Waals surface area contributed by atoms with Crippen molar-refractivity contribution >= 4 is 0 Å². The van der Waals surface area contributed by atoms with Gasteiger partial charge in [0.1, 0.15) is 0 Å². The van der Waals surface area contributed by atoms with Gasteiger partial charge in [-0.1, -0.05) is 5.21 Å². The fourth-order valence-corrected chi connectivity index (χ4v) is 1.84. The van der Waals surface area contributed by atoms with Gasteiger partial charge in [-0.3, -0.25) is 4.90 Å². The van der Waals surface area contributed by atoms with Crippen LogP contribution in [0.25, 0.3) is 0 Å². The van der Waals surface area contributed by atoms with Gasteiger partial charge in [-0.2, -0.15) is 13.2 Å². The first-order valence-electron chi connectivity index (χ1n) is 4.69. The van der Waals surface area contributed by atoms with E-state index in [1.54, 1.807) is 10.9 Å². The predicted octanol–water partition coefficient (Wildman–Crippen LogP) is 1.09. The molecule has 84 valence electrons. The summed E-state index contributed by atoms with van der Waals surface area (Å²) in [6, 6.07) is 0.0230. The molecule has 0 aromatic carbocycles. The van der Waals surface area contributed by atoms with Crippen molar-refractivity contribution in [3.8, 4) is 0 Å². The van der Waals surface area contributed by atoms with E-state index in [0.29, 0.717) is 19.5 Å². The average molecular weight is 220 g/mol. The van der Waals surface area contributed by atoms with Gasteiger partial charge in [-0.25, -0.2) is 4.68 Å². The number of aromatic nitrogens is 3. The van der Waals surface area contributed by atoms with Gasteiger partial charge < -0.3 is 0 Å². The second-order valence-electron chi connectivity index (χ2n) is 3.68. The van der Waals surface area contributed by atoms with E-state index >= 15 is 0 Å². The van der Waals surface area contributed by atoms with Gasteiger partial charge >= 0.3 is 6.18 Å². The molecule has 2 rings (SSSR count). The molecule has 0 aliphatic carbocycles. The van der Waals surface area contributed by atoms with E-state index in [-0.39, 0.29) is 6.04 Å². The third kappa shape index (κ3) is 2.68. The molecule has 1 aromatic rings. The Balaban J connectivity index is 1.90. The van der Waals surface area contributed by atoms with E-state index in [0.717, 1.165) is 0 Å². The van der Waals surface area contributed by atoms with Crippen molar-refractivity contribution in [2.75, 3.05) is 19.6 Å². The van der Waals surface area contributed by atoms with Gasteiger partial charge in [0, 0.05) is 19.3 Å². The summed E-state index contributed by atoms with van der Waals surface area (Å²) in [5.74, 6) is 0. The first-order chi connectivity index (χ1) is 7.04. The largest absolute Gasteiger partial charge is 0.401 e. The summed E-state index contributed by atoms with van der Waals surface area (Å²) >= 11 is 0. The molecule has 1 aromatic heterocycles. The zero-order valence-electron chi connectivity index (χ0n) is 7.98. The third-order valence-corrected chi connectivity index (χ3v) is 2.47. The summed E-state index contributed by atoms with van der Waals surface area (Å²) in [7, 11) is 0. The number of nitrogens with zero attached hydrogens (tertiary/aromatic N) is 4. The van der Waals surface area contributed by atoms with Gasteiger partial charge in [0.2, 0.25) is 0 Å². The van der Waals surface area contributed by atoms with Crippen LogP contribution in [-0.4, -0.2) is 45.7 Å². The smallest absolute Gasteiger partial charge is 0.293 e. The van der Waals surface area contributed by atoms with Crippen LogP contribution in [0.1, 0.15) is 12.5 Å². The molecule has 4 nitrogen and oxygen atoms in total. The monoisotopic (exact) mass is 220 g/mol. The van der Waals surface area contributed by atoms with Gasteiger partial charge in [-0.05, 0) is 6.42 Å². The number of rotatable bonds is 2. The molecular formula is C8H11F3N4. The van der Waals surface area contributed by atoms with E-state index in [1.807, 2.05) is 0 Å². The Hall–Kier alpha value is -1.11. The van der Waals surface area contributed by atoms with Crippen molar-refractivity contribution in [1.29, 1.82) is 0 Å². The molecule has 15 heavy (non-hydrogen) atoms. The van der Waals surface area contributed by atoms with Crippen LogP contribution < -0.4 is 0 Å². The molecular weight excluding hydrogens is 209 g/mol. The van der Waals surface area contributed by atoms with Gasteiger partial charge in [-0.15, -0.1) is 5.10 Å². The minimum atomic E-state index is -4.11. The lowest BCUT2D eigenvalue weighted by Gasteiger charge is -2.17. The van der Waals surface area contributed by atoms with Crippen molar-refractivity contribution in [3.05, 3.63) is 12.4 Å². The van der Waals surface area contributed by atoms with Crippen LogP contribution >= 0.6 is 0 Å². The van der Waals surface area contributed by atoms with Crippen LogP contribution in [0.2, 0.25) is 0 Å². The highest BCUT2D eigenvalue weighted by Gasteiger charge is 2.34. The Labute approximate surface area is 84.7 Å². The highest BCUT2D eigenvalue weighted by atomic mass is 19.4. The maximum absolute atomic E-state index is 12.1. The van der Waals surface area contributed by atoms with Gasteiger partial charge in [0.05, 0.1) is 18.8 Å². The number of halogens is 3. The minimum Gasteiger partial charge on any atom is -0.293 e. The third-order valence-electron chi connectivity index (χ3n) is 2.47. The molecule has 0 bridgehead atoms. The molecule has 0 saturated carbocycles. The molecule has 2 heterocycles. The molecule has 1 unspecified atom stereocenters. The zero-order valence-corrected chi connectivity index (χ0v) is 7.98. The SMILES string of the molecule is FC(F)(F)CN1CCC(n2ccnn2)C1. The Morgan fingerprint density at radius 1 is 1.40 bits per heavy atom. The van der Waals surface area contributed by atoms with E-state index in [4.69, 9.17) is 0 Å². The molecule has 1 saturated heterocycles. The number of likely N-dealkylation sites (tertiary alicyclic amines) is 1. The predicted molar refractivity (Wildman–Crippen MR) is 46.2 cm³/mol. The standard InChI is InChI=1S/C8H11F3N4/c9-8(10,11)6-14-3-1-7(5-14)15-4-2-12-13-15/h2,4,7H,1,3,5-6H2. The summed E-state index contributed by atoms with van der Waals surface area (Å²) < 4.78 is 37.9. The summed E-state index contributed by atoms with van der Waals surface area (Å²) in [6.07, 6.45) is -0.204. The molecule has 0 N–H and O–H groups in total. The first kappa shape index (κ1) is 10.4. The van der Waals surface area contributed by atoms with Crippen LogP contribution in [0.15, 0.2) is 12.4 Å². The Kier molecular flexibility index (Phi) is 2.64. The van der Waals surface area contributed by atoms with Crippen molar-refractivity contribution in [2.24, 2.45) is 0 Å². The summed E-state index contributed by atoms with van der Waals surface area (Å²) in [5, 5.41) is 7.43. The molecule has 0 amide bonds. The lowest BCUT2D eigenvalue weighted by molar-refractivity contribution is -0.143. The normalized spacial score (nSPS) is 23.5. The van der Waals surface area contributed by atoms with Crippen LogP contribution in [0.5, 0.6) is 0 Å². The summed E-state index contributed by atoms with van der Waals surface area (Å²) in [6.45, 7) is 0.0190. The molecule has 0 radical (unpaired) electrons.